The topological polar surface area (TPSA) is 51.2 Å². The quantitative estimate of drug-likeness (QED) is 0.364. The second-order valence-corrected chi connectivity index (χ2v) is 8.39. The van der Waals surface area contributed by atoms with Crippen molar-refractivity contribution in [3.05, 3.63) is 34.9 Å². The average Bonchev–Trinajstić information content (AvgIpc) is 3.26. The number of carbonyl (C=O) groups excluding carboxylic acids is 1. The summed E-state index contributed by atoms with van der Waals surface area (Å²) < 4.78 is 0. The molecule has 1 amide bonds. The number of benzene rings is 1. The van der Waals surface area contributed by atoms with Crippen molar-refractivity contribution in [3.63, 3.8) is 0 Å². The summed E-state index contributed by atoms with van der Waals surface area (Å²) in [5, 5.41) is 3.52. The molecule has 1 aromatic rings. The molecule has 2 fully saturated rings. The highest BCUT2D eigenvalue weighted by atomic mass is 127. The zero-order chi connectivity index (χ0) is 20.8. The van der Waals surface area contributed by atoms with Crippen LogP contribution in [0.1, 0.15) is 36.5 Å². The Morgan fingerprint density at radius 1 is 1.07 bits per heavy atom. The largest absolute Gasteiger partial charge is 0.356 e. The zero-order valence-corrected chi connectivity index (χ0v) is 21.3. The van der Waals surface area contributed by atoms with E-state index in [0.29, 0.717) is 5.91 Å². The van der Waals surface area contributed by atoms with Crippen molar-refractivity contribution in [2.24, 2.45) is 4.99 Å². The Labute approximate surface area is 199 Å². The minimum Gasteiger partial charge on any atom is -0.356 e. The molecule has 7 heteroatoms. The van der Waals surface area contributed by atoms with Crippen LogP contribution in [0.25, 0.3) is 0 Å². The van der Waals surface area contributed by atoms with Gasteiger partial charge in [-0.3, -0.25) is 14.7 Å². The molecule has 2 saturated heterocycles. The highest BCUT2D eigenvalue weighted by Crippen LogP contribution is 2.14. The molecule has 1 aromatic carbocycles. The number of halogens is 1. The smallest absolute Gasteiger partial charge is 0.239 e. The number of aliphatic imine (C=N–C) groups is 1. The van der Waals surface area contributed by atoms with E-state index in [0.717, 1.165) is 71.0 Å². The van der Waals surface area contributed by atoms with Crippen molar-refractivity contribution in [3.8, 4) is 0 Å². The van der Waals surface area contributed by atoms with E-state index in [1.807, 2.05) is 11.9 Å². The van der Waals surface area contributed by atoms with E-state index in [-0.39, 0.29) is 30.0 Å². The number of aryl methyl sites for hydroxylation is 2. The van der Waals surface area contributed by atoms with Gasteiger partial charge in [0, 0.05) is 52.9 Å². The minimum absolute atomic E-state index is 0. The number of rotatable bonds is 5. The van der Waals surface area contributed by atoms with Crippen LogP contribution in [0.3, 0.4) is 0 Å². The summed E-state index contributed by atoms with van der Waals surface area (Å²) in [7, 11) is 1.85. The van der Waals surface area contributed by atoms with Gasteiger partial charge in [-0.1, -0.05) is 23.8 Å². The standard InChI is InChI=1S/C23H37N5O.HI/c1-18-7-8-21(19(2)17-18)9-10-25-23(24-4)28-15-13-26(14-16-28)20(3)22(29)27-11-5-6-12-27;/h7-8,17,20H,5-6,9-16H2,1-4H3,(H,24,25);1H. The predicted octanol–water partition coefficient (Wildman–Crippen LogP) is 2.67. The molecular weight excluding hydrogens is 489 g/mol. The van der Waals surface area contributed by atoms with Crippen LogP contribution in [-0.4, -0.2) is 85.5 Å². The van der Waals surface area contributed by atoms with E-state index in [1.165, 1.54) is 16.7 Å². The van der Waals surface area contributed by atoms with Crippen molar-refractivity contribution in [1.82, 2.24) is 20.0 Å². The second-order valence-electron chi connectivity index (χ2n) is 8.39. The number of nitrogens with one attached hydrogen (secondary N) is 1. The van der Waals surface area contributed by atoms with Crippen LogP contribution >= 0.6 is 24.0 Å². The molecule has 1 unspecified atom stereocenters. The molecule has 0 aliphatic carbocycles. The van der Waals surface area contributed by atoms with Crippen LogP contribution in [-0.2, 0) is 11.2 Å². The molecule has 0 bridgehead atoms. The van der Waals surface area contributed by atoms with E-state index in [1.54, 1.807) is 0 Å². The highest BCUT2D eigenvalue weighted by molar-refractivity contribution is 14.0. The number of hydrogen-bond acceptors (Lipinski definition) is 3. The molecule has 3 rings (SSSR count). The summed E-state index contributed by atoms with van der Waals surface area (Å²) >= 11 is 0. The molecule has 2 heterocycles. The maximum absolute atomic E-state index is 12.7. The number of hydrogen-bond donors (Lipinski definition) is 1. The normalized spacial score (nSPS) is 18.9. The van der Waals surface area contributed by atoms with Gasteiger partial charge in [-0.05, 0) is 51.2 Å². The fourth-order valence-electron chi connectivity index (χ4n) is 4.45. The van der Waals surface area contributed by atoms with Crippen LogP contribution in [0.15, 0.2) is 23.2 Å². The van der Waals surface area contributed by atoms with Gasteiger partial charge in [0.15, 0.2) is 5.96 Å². The third-order valence-electron chi connectivity index (χ3n) is 6.32. The Morgan fingerprint density at radius 2 is 1.73 bits per heavy atom. The monoisotopic (exact) mass is 527 g/mol. The Balaban J connectivity index is 0.00000320. The van der Waals surface area contributed by atoms with Crippen molar-refractivity contribution >= 4 is 35.8 Å². The lowest BCUT2D eigenvalue weighted by atomic mass is 10.0. The van der Waals surface area contributed by atoms with Gasteiger partial charge in [0.2, 0.25) is 5.91 Å². The lowest BCUT2D eigenvalue weighted by Gasteiger charge is -2.39. The Hall–Kier alpha value is -1.35. The number of likely N-dealkylation sites (tertiary alicyclic amines) is 1. The molecule has 168 valence electrons. The lowest BCUT2D eigenvalue weighted by Crippen LogP contribution is -2.57. The van der Waals surface area contributed by atoms with Crippen molar-refractivity contribution < 1.29 is 4.79 Å². The van der Waals surface area contributed by atoms with Gasteiger partial charge >= 0.3 is 0 Å². The summed E-state index contributed by atoms with van der Waals surface area (Å²) in [5.41, 5.74) is 4.05. The molecule has 0 aromatic heterocycles. The number of amides is 1. The molecule has 6 nitrogen and oxygen atoms in total. The number of nitrogens with zero attached hydrogens (tertiary/aromatic N) is 4. The lowest BCUT2D eigenvalue weighted by molar-refractivity contribution is -0.135. The predicted molar refractivity (Wildman–Crippen MR) is 135 cm³/mol. The molecule has 1 N–H and O–H groups in total. The first-order valence-electron chi connectivity index (χ1n) is 11.0. The van der Waals surface area contributed by atoms with Crippen molar-refractivity contribution in [2.45, 2.75) is 46.1 Å². The van der Waals surface area contributed by atoms with Crippen LogP contribution in [0.4, 0.5) is 0 Å². The third-order valence-corrected chi connectivity index (χ3v) is 6.32. The second kappa shape index (κ2) is 11.9. The molecule has 30 heavy (non-hydrogen) atoms. The maximum Gasteiger partial charge on any atom is 0.239 e. The molecule has 1 atom stereocenters. The first kappa shape index (κ1) is 24.9. The minimum atomic E-state index is -0.0188. The fourth-order valence-corrected chi connectivity index (χ4v) is 4.45. The van der Waals surface area contributed by atoms with E-state index < -0.39 is 0 Å². The van der Waals surface area contributed by atoms with Gasteiger partial charge in [-0.2, -0.15) is 0 Å². The Bertz CT molecular complexity index is 724. The summed E-state index contributed by atoms with van der Waals surface area (Å²) in [6.07, 6.45) is 3.29. The van der Waals surface area contributed by atoms with E-state index >= 15 is 0 Å². The number of guanidine groups is 1. The fraction of sp³-hybridized carbons (Fsp3) is 0.652. The number of piperazine rings is 1. The van der Waals surface area contributed by atoms with Crippen LogP contribution in [0.5, 0.6) is 0 Å². The molecule has 0 spiro atoms. The van der Waals surface area contributed by atoms with E-state index in [9.17, 15) is 4.79 Å². The highest BCUT2D eigenvalue weighted by Gasteiger charge is 2.30. The van der Waals surface area contributed by atoms with Crippen LogP contribution in [0, 0.1) is 13.8 Å². The average molecular weight is 527 g/mol. The Kier molecular flexibility index (Phi) is 9.87. The first-order valence-corrected chi connectivity index (χ1v) is 11.0. The molecule has 2 aliphatic heterocycles. The maximum atomic E-state index is 12.7. The van der Waals surface area contributed by atoms with E-state index in [2.05, 4.69) is 59.1 Å². The van der Waals surface area contributed by atoms with Gasteiger partial charge in [0.1, 0.15) is 0 Å². The number of carbonyl (C=O) groups is 1. The zero-order valence-electron chi connectivity index (χ0n) is 19.0. The molecular formula is C23H38IN5O. The van der Waals surface area contributed by atoms with Gasteiger partial charge < -0.3 is 15.1 Å². The van der Waals surface area contributed by atoms with Gasteiger partial charge in [0.25, 0.3) is 0 Å². The SMILES string of the molecule is CN=C(NCCc1ccc(C)cc1C)N1CCN(C(C)C(=O)N2CCCC2)CC1.I. The van der Waals surface area contributed by atoms with Crippen LogP contribution < -0.4 is 5.32 Å². The first-order chi connectivity index (χ1) is 14.0. The van der Waals surface area contributed by atoms with E-state index in [4.69, 9.17) is 0 Å². The summed E-state index contributed by atoms with van der Waals surface area (Å²) in [6.45, 7) is 12.7. The van der Waals surface area contributed by atoms with Crippen molar-refractivity contribution in [1.29, 1.82) is 0 Å². The van der Waals surface area contributed by atoms with Gasteiger partial charge in [0.05, 0.1) is 6.04 Å². The van der Waals surface area contributed by atoms with Gasteiger partial charge in [-0.15, -0.1) is 24.0 Å². The molecule has 0 saturated carbocycles. The van der Waals surface area contributed by atoms with Gasteiger partial charge in [-0.25, -0.2) is 0 Å². The van der Waals surface area contributed by atoms with Crippen molar-refractivity contribution in [2.75, 3.05) is 52.9 Å². The summed E-state index contributed by atoms with van der Waals surface area (Å²) in [4.78, 5) is 23.8. The Morgan fingerprint density at radius 3 is 2.33 bits per heavy atom. The van der Waals surface area contributed by atoms with Crippen LogP contribution in [0.2, 0.25) is 0 Å². The summed E-state index contributed by atoms with van der Waals surface area (Å²) in [6, 6.07) is 6.64. The molecule has 2 aliphatic rings. The third kappa shape index (κ3) is 6.33. The molecule has 0 radical (unpaired) electrons. The summed E-state index contributed by atoms with van der Waals surface area (Å²) in [5.74, 6) is 1.26.